The number of rotatable bonds is 4. The van der Waals surface area contributed by atoms with Crippen molar-refractivity contribution in [3.05, 3.63) is 35.6 Å². The molecule has 0 unspecified atom stereocenters. The van der Waals surface area contributed by atoms with Crippen molar-refractivity contribution < 1.29 is 18.7 Å². The smallest absolute Gasteiger partial charge is 0.374 e. The van der Waals surface area contributed by atoms with E-state index < -0.39 is 5.97 Å². The van der Waals surface area contributed by atoms with E-state index in [1.807, 2.05) is 36.1 Å². The van der Waals surface area contributed by atoms with Gasteiger partial charge in [-0.3, -0.25) is 4.90 Å². The number of carbonyl (C=O) groups excluding carboxylic acids is 1. The first-order chi connectivity index (χ1) is 11.3. The molecule has 0 aliphatic carbocycles. The molecule has 5 nitrogen and oxygen atoms in total. The van der Waals surface area contributed by atoms with E-state index in [9.17, 15) is 4.79 Å². The summed E-state index contributed by atoms with van der Waals surface area (Å²) < 4.78 is 16.2. The highest BCUT2D eigenvalue weighted by molar-refractivity contribution is 14.1. The van der Waals surface area contributed by atoms with E-state index in [0.717, 1.165) is 49.4 Å². The highest BCUT2D eigenvalue weighted by Gasteiger charge is 2.19. The van der Waals surface area contributed by atoms with Gasteiger partial charge in [0, 0.05) is 30.6 Å². The molecule has 1 aliphatic rings. The summed E-state index contributed by atoms with van der Waals surface area (Å²) in [5, 5.41) is 0.956. The number of hydrogen-bond donors (Lipinski definition) is 0. The number of benzene rings is 1. The second-order valence-electron chi connectivity index (χ2n) is 5.14. The first-order valence-corrected chi connectivity index (χ1v) is 9.74. The predicted octanol–water partition coefficient (Wildman–Crippen LogP) is 3.28. The molecule has 0 radical (unpaired) electrons. The molecule has 0 bridgehead atoms. The van der Waals surface area contributed by atoms with E-state index in [1.54, 1.807) is 0 Å². The lowest BCUT2D eigenvalue weighted by molar-refractivity contribution is 0.0183. The van der Waals surface area contributed by atoms with E-state index >= 15 is 0 Å². The van der Waals surface area contributed by atoms with Crippen LogP contribution in [-0.2, 0) is 9.47 Å². The minimum atomic E-state index is -0.392. The zero-order valence-electron chi connectivity index (χ0n) is 13.5. The van der Waals surface area contributed by atoms with Crippen LogP contribution in [0.25, 0.3) is 11.0 Å². The van der Waals surface area contributed by atoms with Gasteiger partial charge in [0.15, 0.2) is 0 Å². The van der Waals surface area contributed by atoms with Gasteiger partial charge in [-0.1, -0.05) is 40.8 Å². The molecule has 3 rings (SSSR count). The van der Waals surface area contributed by atoms with Gasteiger partial charge in [-0.25, -0.2) is 4.79 Å². The fraction of sp³-hybridized carbons (Fsp3) is 0.471. The van der Waals surface area contributed by atoms with Crippen LogP contribution in [-0.4, -0.2) is 55.3 Å². The largest absolute Gasteiger partial charge is 0.458 e. The molecule has 1 saturated heterocycles. The molecule has 1 aromatic carbocycles. The van der Waals surface area contributed by atoms with Crippen LogP contribution in [0.4, 0.5) is 0 Å². The van der Waals surface area contributed by atoms with Gasteiger partial charge >= 0.3 is 5.97 Å². The second kappa shape index (κ2) is 9.24. The van der Waals surface area contributed by atoms with E-state index in [2.05, 4.69) is 27.5 Å². The molecular weight excluding hydrogens is 409 g/mol. The predicted molar refractivity (Wildman–Crippen MR) is 98.4 cm³/mol. The quantitative estimate of drug-likeness (QED) is 0.423. The minimum Gasteiger partial charge on any atom is -0.458 e. The first-order valence-electron chi connectivity index (χ1n) is 7.59. The molecule has 6 heteroatoms. The van der Waals surface area contributed by atoms with Crippen LogP contribution in [0.1, 0.15) is 16.1 Å². The normalized spacial score (nSPS) is 15.1. The molecule has 0 atom stereocenters. The van der Waals surface area contributed by atoms with Crippen LogP contribution in [0, 0.1) is 6.92 Å². The van der Waals surface area contributed by atoms with Crippen LogP contribution in [0.5, 0.6) is 0 Å². The van der Waals surface area contributed by atoms with Crippen LogP contribution in [0.2, 0.25) is 0 Å². The molecule has 0 N–H and O–H groups in total. The lowest BCUT2D eigenvalue weighted by Crippen LogP contribution is -2.38. The summed E-state index contributed by atoms with van der Waals surface area (Å²) in [6.45, 7) is 6.25. The number of furan rings is 1. The Morgan fingerprint density at radius 1 is 1.26 bits per heavy atom. The highest BCUT2D eigenvalue weighted by atomic mass is 127. The monoisotopic (exact) mass is 431 g/mol. The number of halogens is 1. The van der Waals surface area contributed by atoms with Gasteiger partial charge in [0.05, 0.1) is 13.2 Å². The Labute approximate surface area is 150 Å². The van der Waals surface area contributed by atoms with Gasteiger partial charge in [0.2, 0.25) is 5.76 Å². The zero-order valence-corrected chi connectivity index (χ0v) is 15.7. The minimum absolute atomic E-state index is 0.304. The van der Waals surface area contributed by atoms with Crippen molar-refractivity contribution in [2.24, 2.45) is 0 Å². The number of hydrogen-bond acceptors (Lipinski definition) is 5. The third kappa shape index (κ3) is 4.68. The Morgan fingerprint density at radius 2 is 1.96 bits per heavy atom. The SMILES string of the molecule is CI.Cc1c(C(=O)OCCN2CCOCC2)oc2ccccc12. The molecule has 2 aromatic rings. The van der Waals surface area contributed by atoms with Gasteiger partial charge < -0.3 is 13.9 Å². The molecule has 126 valence electrons. The fourth-order valence-electron chi connectivity index (χ4n) is 2.53. The van der Waals surface area contributed by atoms with Crippen molar-refractivity contribution in [3.63, 3.8) is 0 Å². The van der Waals surface area contributed by atoms with E-state index in [1.165, 1.54) is 0 Å². The van der Waals surface area contributed by atoms with E-state index in [-0.39, 0.29) is 0 Å². The second-order valence-corrected chi connectivity index (χ2v) is 5.14. The third-order valence-corrected chi connectivity index (χ3v) is 3.77. The first kappa shape index (κ1) is 18.2. The number of morpholine rings is 1. The average Bonchev–Trinajstić information content (AvgIpc) is 2.95. The van der Waals surface area contributed by atoms with Crippen molar-refractivity contribution >= 4 is 39.5 Å². The summed E-state index contributed by atoms with van der Waals surface area (Å²) >= 11 is 2.15. The fourth-order valence-corrected chi connectivity index (χ4v) is 2.53. The van der Waals surface area contributed by atoms with Gasteiger partial charge in [0.1, 0.15) is 12.2 Å². The summed E-state index contributed by atoms with van der Waals surface area (Å²) in [6.07, 6.45) is 0. The average molecular weight is 431 g/mol. The number of ether oxygens (including phenoxy) is 2. The standard InChI is InChI=1S/C16H19NO4.CH3I/c1-12-13-4-2-3-5-14(13)21-15(12)16(18)20-11-8-17-6-9-19-10-7-17;1-2/h2-5H,6-11H2,1H3;1H3. The summed E-state index contributed by atoms with van der Waals surface area (Å²) in [7, 11) is 0. The van der Waals surface area contributed by atoms with E-state index in [4.69, 9.17) is 13.9 Å². The van der Waals surface area contributed by atoms with Gasteiger partial charge in [0.25, 0.3) is 0 Å². The Hall–Kier alpha value is -1.12. The summed E-state index contributed by atoms with van der Waals surface area (Å²) in [4.78, 5) is 16.3. The molecule has 0 spiro atoms. The topological polar surface area (TPSA) is 51.9 Å². The molecule has 0 amide bonds. The molecule has 23 heavy (non-hydrogen) atoms. The van der Waals surface area contributed by atoms with Gasteiger partial charge in [-0.15, -0.1) is 0 Å². The summed E-state index contributed by atoms with van der Waals surface area (Å²) in [6, 6.07) is 7.61. The maximum absolute atomic E-state index is 12.1. The van der Waals surface area contributed by atoms with Crippen molar-refractivity contribution in [2.45, 2.75) is 6.92 Å². The van der Waals surface area contributed by atoms with Crippen LogP contribution in [0.3, 0.4) is 0 Å². The summed E-state index contributed by atoms with van der Waals surface area (Å²) in [5.41, 5.74) is 1.55. The van der Waals surface area contributed by atoms with Crippen LogP contribution < -0.4 is 0 Å². The molecule has 1 fully saturated rings. The van der Waals surface area contributed by atoms with Gasteiger partial charge in [-0.05, 0) is 17.9 Å². The number of fused-ring (bicyclic) bond motifs is 1. The summed E-state index contributed by atoms with van der Waals surface area (Å²) in [5.74, 6) is -0.0878. The zero-order chi connectivity index (χ0) is 16.7. The molecule has 1 aliphatic heterocycles. The maximum atomic E-state index is 12.1. The Bertz CT molecular complexity index is 635. The Kier molecular flexibility index (Phi) is 7.32. The number of para-hydroxylation sites is 1. The number of aryl methyl sites for hydroxylation is 1. The maximum Gasteiger partial charge on any atom is 0.374 e. The lowest BCUT2D eigenvalue weighted by atomic mass is 10.1. The molecule has 1 aromatic heterocycles. The molecular formula is C17H22INO4. The number of alkyl halides is 1. The van der Waals surface area contributed by atoms with Crippen molar-refractivity contribution in [2.75, 3.05) is 44.4 Å². The number of nitrogens with zero attached hydrogens (tertiary/aromatic N) is 1. The third-order valence-electron chi connectivity index (χ3n) is 3.77. The molecule has 2 heterocycles. The van der Waals surface area contributed by atoms with Crippen molar-refractivity contribution in [3.8, 4) is 0 Å². The molecule has 0 saturated carbocycles. The number of carbonyl (C=O) groups is 1. The Balaban J connectivity index is 0.000000924. The highest BCUT2D eigenvalue weighted by Crippen LogP contribution is 2.25. The van der Waals surface area contributed by atoms with Crippen molar-refractivity contribution in [1.29, 1.82) is 0 Å². The van der Waals surface area contributed by atoms with Gasteiger partial charge in [-0.2, -0.15) is 0 Å². The van der Waals surface area contributed by atoms with E-state index in [0.29, 0.717) is 12.4 Å². The van der Waals surface area contributed by atoms with Crippen molar-refractivity contribution in [1.82, 2.24) is 4.90 Å². The Morgan fingerprint density at radius 3 is 2.65 bits per heavy atom. The number of esters is 1. The van der Waals surface area contributed by atoms with Crippen LogP contribution in [0.15, 0.2) is 28.7 Å². The lowest BCUT2D eigenvalue weighted by Gasteiger charge is -2.26. The van der Waals surface area contributed by atoms with Crippen LogP contribution >= 0.6 is 22.6 Å².